The molecule has 0 amide bonds. The number of hydrogen-bond donors (Lipinski definition) is 1. The zero-order valence-corrected chi connectivity index (χ0v) is 12.7. The average molecular weight is 340 g/mol. The molecule has 0 aromatic carbocycles. The zero-order valence-electron chi connectivity index (χ0n) is 10.3. The van der Waals surface area contributed by atoms with Crippen molar-refractivity contribution in [2.75, 3.05) is 0 Å². The monoisotopic (exact) mass is 339 g/mol. The summed E-state index contributed by atoms with van der Waals surface area (Å²) in [5.74, 6) is -0.510. The number of dihydropyridines is 1. The first-order valence-electron chi connectivity index (χ1n) is 6.32. The highest BCUT2D eigenvalue weighted by Crippen LogP contribution is 2.51. The van der Waals surface area contributed by atoms with E-state index in [2.05, 4.69) is 33.1 Å². The zero-order chi connectivity index (χ0) is 13.5. The third kappa shape index (κ3) is 2.34. The van der Waals surface area contributed by atoms with Crippen molar-refractivity contribution in [3.05, 3.63) is 33.7 Å². The maximum atomic E-state index is 11.5. The highest BCUT2D eigenvalue weighted by atomic mass is 79.9. The standard InChI is InChI=1S/C14H14BrNO2S/c15-9-2-3-11-10(8-9)12(4-7-16-11)19-14(13(17)18)5-1-6-14/h2-4,7-8,10-11H,1,5-6H2,(H,17,18). The van der Waals surface area contributed by atoms with Crippen molar-refractivity contribution < 1.29 is 9.90 Å². The van der Waals surface area contributed by atoms with E-state index in [4.69, 9.17) is 0 Å². The number of nitrogens with zero attached hydrogens (tertiary/aromatic N) is 1. The Morgan fingerprint density at radius 2 is 2.32 bits per heavy atom. The Morgan fingerprint density at radius 3 is 2.95 bits per heavy atom. The van der Waals surface area contributed by atoms with Gasteiger partial charge in [-0.25, -0.2) is 0 Å². The van der Waals surface area contributed by atoms with Gasteiger partial charge in [0.05, 0.1) is 6.04 Å². The molecule has 2 aliphatic carbocycles. The first-order chi connectivity index (χ1) is 9.11. The van der Waals surface area contributed by atoms with Crippen molar-refractivity contribution in [1.82, 2.24) is 0 Å². The summed E-state index contributed by atoms with van der Waals surface area (Å²) in [5, 5.41) is 9.44. The molecule has 2 atom stereocenters. The number of thioether (sulfide) groups is 1. The second-order valence-corrected chi connectivity index (χ2v) is 7.42. The lowest BCUT2D eigenvalue weighted by atomic mass is 9.84. The minimum atomic E-state index is -0.682. The van der Waals surface area contributed by atoms with E-state index in [0.717, 1.165) is 28.6 Å². The average Bonchev–Trinajstić information content (AvgIpc) is 2.33. The van der Waals surface area contributed by atoms with Crippen molar-refractivity contribution in [2.45, 2.75) is 30.1 Å². The van der Waals surface area contributed by atoms with Gasteiger partial charge in [0.15, 0.2) is 0 Å². The molecular formula is C14H14BrNO2S. The lowest BCUT2D eigenvalue weighted by molar-refractivity contribution is -0.142. The van der Waals surface area contributed by atoms with Crippen molar-refractivity contribution in [1.29, 1.82) is 0 Å². The molecule has 0 aromatic heterocycles. The quantitative estimate of drug-likeness (QED) is 0.855. The Labute approximate surface area is 124 Å². The van der Waals surface area contributed by atoms with E-state index in [0.29, 0.717) is 0 Å². The predicted molar refractivity (Wildman–Crippen MR) is 81.8 cm³/mol. The van der Waals surface area contributed by atoms with Crippen LogP contribution in [0.3, 0.4) is 0 Å². The van der Waals surface area contributed by atoms with Crippen LogP contribution < -0.4 is 0 Å². The van der Waals surface area contributed by atoms with Gasteiger partial charge in [0.1, 0.15) is 4.75 Å². The molecule has 100 valence electrons. The molecule has 1 heterocycles. The molecule has 0 aromatic rings. The minimum absolute atomic E-state index is 0.111. The van der Waals surface area contributed by atoms with E-state index in [1.807, 2.05) is 12.2 Å². The number of carboxylic acids is 1. The fourth-order valence-electron chi connectivity index (χ4n) is 2.54. The van der Waals surface area contributed by atoms with E-state index in [9.17, 15) is 9.90 Å². The van der Waals surface area contributed by atoms with Crippen LogP contribution in [0.25, 0.3) is 0 Å². The number of hydrogen-bond acceptors (Lipinski definition) is 3. The van der Waals surface area contributed by atoms with Crippen LogP contribution in [-0.2, 0) is 4.79 Å². The van der Waals surface area contributed by atoms with Gasteiger partial charge in [0.2, 0.25) is 0 Å². The van der Waals surface area contributed by atoms with Crippen LogP contribution in [0.5, 0.6) is 0 Å². The molecule has 1 saturated carbocycles. The van der Waals surface area contributed by atoms with E-state index >= 15 is 0 Å². The topological polar surface area (TPSA) is 49.7 Å². The second-order valence-electron chi connectivity index (χ2n) is 5.05. The first-order valence-corrected chi connectivity index (χ1v) is 7.93. The SMILES string of the molecule is O=C(O)C1(SC2=CC=NC3C=CC(Br)=CC23)CCC1. The number of carboxylic acid groups (broad SMARTS) is 1. The number of allylic oxidation sites excluding steroid dienone is 3. The Kier molecular flexibility index (Phi) is 3.43. The summed E-state index contributed by atoms with van der Waals surface area (Å²) in [6.45, 7) is 0. The molecule has 1 fully saturated rings. The van der Waals surface area contributed by atoms with Gasteiger partial charge >= 0.3 is 5.97 Å². The maximum Gasteiger partial charge on any atom is 0.320 e. The molecule has 5 heteroatoms. The number of carbonyl (C=O) groups is 1. The highest BCUT2D eigenvalue weighted by Gasteiger charge is 2.47. The largest absolute Gasteiger partial charge is 0.480 e. The highest BCUT2D eigenvalue weighted by molar-refractivity contribution is 9.11. The van der Waals surface area contributed by atoms with Gasteiger partial charge in [-0.2, -0.15) is 0 Å². The molecule has 0 bridgehead atoms. The number of halogens is 1. The predicted octanol–water partition coefficient (Wildman–Crippen LogP) is 3.53. The van der Waals surface area contributed by atoms with Gasteiger partial charge in [-0.15, -0.1) is 11.8 Å². The van der Waals surface area contributed by atoms with Crippen molar-refractivity contribution in [3.8, 4) is 0 Å². The fraction of sp³-hybridized carbons (Fsp3) is 0.429. The molecule has 1 N–H and O–H groups in total. The van der Waals surface area contributed by atoms with Crippen LogP contribution in [0.4, 0.5) is 0 Å². The molecule has 3 nitrogen and oxygen atoms in total. The summed E-state index contributed by atoms with van der Waals surface area (Å²) >= 11 is 5.01. The molecule has 0 spiro atoms. The first kappa shape index (κ1) is 13.2. The molecule has 19 heavy (non-hydrogen) atoms. The lowest BCUT2D eigenvalue weighted by Gasteiger charge is -2.39. The van der Waals surface area contributed by atoms with E-state index in [-0.39, 0.29) is 12.0 Å². The van der Waals surface area contributed by atoms with Gasteiger partial charge in [0, 0.05) is 16.6 Å². The third-order valence-corrected chi connectivity index (χ3v) is 6.00. The smallest absolute Gasteiger partial charge is 0.320 e. The molecule has 3 aliphatic rings. The molecule has 1 aliphatic heterocycles. The van der Waals surface area contributed by atoms with Crippen LogP contribution in [0.2, 0.25) is 0 Å². The van der Waals surface area contributed by atoms with Gasteiger partial charge in [-0.1, -0.05) is 34.2 Å². The molecule has 3 rings (SSSR count). The summed E-state index contributed by atoms with van der Waals surface area (Å²) in [6, 6.07) is 0.111. The lowest BCUT2D eigenvalue weighted by Crippen LogP contribution is -2.42. The number of aliphatic imine (C=N–C) groups is 1. The van der Waals surface area contributed by atoms with Crippen LogP contribution >= 0.6 is 27.7 Å². The van der Waals surface area contributed by atoms with Crippen LogP contribution in [-0.4, -0.2) is 28.1 Å². The summed E-state index contributed by atoms with van der Waals surface area (Å²) in [6.07, 6.45) is 12.5. The molecule has 0 radical (unpaired) electrons. The van der Waals surface area contributed by atoms with Gasteiger partial charge in [-0.05, 0) is 30.2 Å². The Hall–Kier alpha value is -0.810. The Morgan fingerprint density at radius 1 is 1.53 bits per heavy atom. The number of fused-ring (bicyclic) bond motifs is 1. The van der Waals surface area contributed by atoms with Crippen LogP contribution in [0.1, 0.15) is 19.3 Å². The van der Waals surface area contributed by atoms with Gasteiger partial charge in [0.25, 0.3) is 0 Å². The summed E-state index contributed by atoms with van der Waals surface area (Å²) < 4.78 is 0.429. The van der Waals surface area contributed by atoms with E-state index in [1.165, 1.54) is 11.8 Å². The van der Waals surface area contributed by atoms with Crippen molar-refractivity contribution >= 4 is 39.9 Å². The Balaban J connectivity index is 1.84. The minimum Gasteiger partial charge on any atom is -0.480 e. The number of aliphatic carboxylic acids is 1. The Bertz CT molecular complexity index is 532. The fourth-order valence-corrected chi connectivity index (χ4v) is 4.48. The molecule has 2 unspecified atom stereocenters. The normalized spacial score (nSPS) is 31.0. The summed E-state index contributed by atoms with van der Waals surface area (Å²) in [7, 11) is 0. The van der Waals surface area contributed by atoms with Crippen molar-refractivity contribution in [2.24, 2.45) is 10.9 Å². The second kappa shape index (κ2) is 4.94. The third-order valence-electron chi connectivity index (χ3n) is 3.85. The van der Waals surface area contributed by atoms with Gasteiger partial charge in [-0.3, -0.25) is 9.79 Å². The summed E-state index contributed by atoms with van der Waals surface area (Å²) in [5.41, 5.74) is 0. The van der Waals surface area contributed by atoms with Gasteiger partial charge < -0.3 is 5.11 Å². The molecule has 0 saturated heterocycles. The van der Waals surface area contributed by atoms with Crippen LogP contribution in [0.15, 0.2) is 38.7 Å². The van der Waals surface area contributed by atoms with E-state index in [1.54, 1.807) is 6.21 Å². The van der Waals surface area contributed by atoms with E-state index < -0.39 is 10.7 Å². The molecular weight excluding hydrogens is 326 g/mol. The van der Waals surface area contributed by atoms with Crippen molar-refractivity contribution in [3.63, 3.8) is 0 Å². The van der Waals surface area contributed by atoms with Crippen LogP contribution in [0, 0.1) is 5.92 Å². The summed E-state index contributed by atoms with van der Waals surface area (Å²) in [4.78, 5) is 17.0. The number of rotatable bonds is 3. The maximum absolute atomic E-state index is 11.5.